The summed E-state index contributed by atoms with van der Waals surface area (Å²) >= 11 is 3.54. The SMILES string of the molecule is Cc1ccc(C(=O)/C=C\c2ccc(N3N=C(c4ccccc4)CC3c3ccc(Br)cc3)cc2)cc1. The Balaban J connectivity index is 1.39. The number of halogens is 1. The summed E-state index contributed by atoms with van der Waals surface area (Å²) in [6, 6.07) is 34.8. The summed E-state index contributed by atoms with van der Waals surface area (Å²) in [5.41, 5.74) is 7.27. The minimum Gasteiger partial charge on any atom is -0.289 e. The Morgan fingerprint density at radius 3 is 2.26 bits per heavy atom. The topological polar surface area (TPSA) is 32.7 Å². The van der Waals surface area contributed by atoms with Crippen LogP contribution in [0.25, 0.3) is 6.08 Å². The Labute approximate surface area is 214 Å². The molecular weight excluding hydrogens is 496 g/mol. The molecule has 1 aliphatic rings. The van der Waals surface area contributed by atoms with Crippen molar-refractivity contribution in [2.45, 2.75) is 19.4 Å². The van der Waals surface area contributed by atoms with Gasteiger partial charge in [-0.25, -0.2) is 0 Å². The first-order valence-electron chi connectivity index (χ1n) is 11.6. The number of rotatable bonds is 6. The van der Waals surface area contributed by atoms with E-state index in [1.54, 1.807) is 6.08 Å². The first-order chi connectivity index (χ1) is 17.1. The van der Waals surface area contributed by atoms with Crippen molar-refractivity contribution in [1.82, 2.24) is 0 Å². The van der Waals surface area contributed by atoms with Gasteiger partial charge in [0.25, 0.3) is 0 Å². The monoisotopic (exact) mass is 520 g/mol. The third-order valence-corrected chi connectivity index (χ3v) is 6.72. The van der Waals surface area contributed by atoms with Crippen LogP contribution in [0.4, 0.5) is 5.69 Å². The minimum absolute atomic E-state index is 0.000949. The Kier molecular flexibility index (Phi) is 6.73. The van der Waals surface area contributed by atoms with Crippen LogP contribution in [0.5, 0.6) is 0 Å². The van der Waals surface area contributed by atoms with Gasteiger partial charge in [0.15, 0.2) is 5.78 Å². The number of carbonyl (C=O) groups excluding carboxylic acids is 1. The van der Waals surface area contributed by atoms with Crippen LogP contribution >= 0.6 is 15.9 Å². The third kappa shape index (κ3) is 5.33. The molecular formula is C31H25BrN2O. The fourth-order valence-electron chi connectivity index (χ4n) is 4.22. The van der Waals surface area contributed by atoms with Crippen LogP contribution in [0.1, 0.15) is 45.1 Å². The van der Waals surface area contributed by atoms with Gasteiger partial charge in [-0.15, -0.1) is 0 Å². The van der Waals surface area contributed by atoms with Crippen molar-refractivity contribution in [3.63, 3.8) is 0 Å². The number of benzene rings is 4. The van der Waals surface area contributed by atoms with Gasteiger partial charge in [-0.05, 0) is 54.0 Å². The highest BCUT2D eigenvalue weighted by Crippen LogP contribution is 2.37. The molecule has 0 aromatic heterocycles. The molecule has 1 atom stereocenters. The second kappa shape index (κ2) is 10.2. The van der Waals surface area contributed by atoms with Crippen molar-refractivity contribution in [1.29, 1.82) is 0 Å². The van der Waals surface area contributed by atoms with E-state index >= 15 is 0 Å². The molecule has 5 rings (SSSR count). The summed E-state index contributed by atoms with van der Waals surface area (Å²) in [6.07, 6.45) is 4.32. The second-order valence-corrected chi connectivity index (χ2v) is 9.60. The summed E-state index contributed by atoms with van der Waals surface area (Å²) in [7, 11) is 0. The highest BCUT2D eigenvalue weighted by atomic mass is 79.9. The van der Waals surface area contributed by atoms with E-state index in [0.717, 1.165) is 39.0 Å². The smallest absolute Gasteiger partial charge is 0.185 e. The van der Waals surface area contributed by atoms with Crippen molar-refractivity contribution < 1.29 is 4.79 Å². The zero-order valence-electron chi connectivity index (χ0n) is 19.4. The van der Waals surface area contributed by atoms with E-state index in [-0.39, 0.29) is 11.8 Å². The van der Waals surface area contributed by atoms with Crippen LogP contribution in [-0.4, -0.2) is 11.5 Å². The number of aryl methyl sites for hydroxylation is 1. The average molecular weight is 521 g/mol. The van der Waals surface area contributed by atoms with Gasteiger partial charge in [0, 0.05) is 16.5 Å². The lowest BCUT2D eigenvalue weighted by Gasteiger charge is -2.24. The number of ketones is 1. The van der Waals surface area contributed by atoms with E-state index in [0.29, 0.717) is 5.56 Å². The number of nitrogens with zero attached hydrogens (tertiary/aromatic N) is 2. The van der Waals surface area contributed by atoms with E-state index < -0.39 is 0 Å². The maximum absolute atomic E-state index is 12.5. The average Bonchev–Trinajstić information content (AvgIpc) is 3.34. The summed E-state index contributed by atoms with van der Waals surface area (Å²) in [4.78, 5) is 12.5. The minimum atomic E-state index is 0.000949. The van der Waals surface area contributed by atoms with E-state index in [2.05, 4.69) is 69.5 Å². The number of carbonyl (C=O) groups is 1. The molecule has 4 aromatic carbocycles. The van der Waals surface area contributed by atoms with E-state index in [4.69, 9.17) is 5.10 Å². The van der Waals surface area contributed by atoms with Crippen LogP contribution < -0.4 is 5.01 Å². The molecule has 1 heterocycles. The second-order valence-electron chi connectivity index (χ2n) is 8.68. The van der Waals surface area contributed by atoms with Gasteiger partial charge in [0.1, 0.15) is 0 Å². The summed E-state index contributed by atoms with van der Waals surface area (Å²) in [5.74, 6) is 0.000949. The van der Waals surface area contributed by atoms with Gasteiger partial charge in [-0.1, -0.05) is 106 Å². The molecule has 0 amide bonds. The summed E-state index contributed by atoms with van der Waals surface area (Å²) in [6.45, 7) is 2.01. The molecule has 3 nitrogen and oxygen atoms in total. The third-order valence-electron chi connectivity index (χ3n) is 6.19. The first kappa shape index (κ1) is 23.0. The predicted molar refractivity (Wildman–Crippen MR) is 148 cm³/mol. The molecule has 1 unspecified atom stereocenters. The maximum atomic E-state index is 12.5. The standard InChI is InChI=1S/C31H25BrN2O/c1-22-7-12-26(13-8-22)31(35)20-11-23-9-18-28(19-10-23)34-30(25-14-16-27(32)17-15-25)21-29(33-34)24-5-3-2-4-6-24/h2-20,30H,21H2,1H3/b20-11-. The number of anilines is 1. The molecule has 0 saturated carbocycles. The van der Waals surface area contributed by atoms with Gasteiger partial charge in [0.05, 0.1) is 17.4 Å². The van der Waals surface area contributed by atoms with Gasteiger partial charge in [-0.2, -0.15) is 5.10 Å². The zero-order valence-corrected chi connectivity index (χ0v) is 21.0. The Bertz CT molecular complexity index is 1370. The lowest BCUT2D eigenvalue weighted by molar-refractivity contribution is 0.104. The molecule has 0 N–H and O–H groups in total. The largest absolute Gasteiger partial charge is 0.289 e. The molecule has 0 fully saturated rings. The highest BCUT2D eigenvalue weighted by molar-refractivity contribution is 9.10. The molecule has 0 saturated heterocycles. The maximum Gasteiger partial charge on any atom is 0.185 e. The van der Waals surface area contributed by atoms with Gasteiger partial charge in [0.2, 0.25) is 0 Å². The van der Waals surface area contributed by atoms with E-state index in [1.165, 1.54) is 5.56 Å². The first-order valence-corrected chi connectivity index (χ1v) is 12.4. The molecule has 0 bridgehead atoms. The normalized spacial score (nSPS) is 15.4. The van der Waals surface area contributed by atoms with Crippen LogP contribution in [0.2, 0.25) is 0 Å². The quantitative estimate of drug-likeness (QED) is 0.190. The predicted octanol–water partition coefficient (Wildman–Crippen LogP) is 8.01. The number of allylic oxidation sites excluding steroid dienone is 1. The van der Waals surface area contributed by atoms with E-state index in [9.17, 15) is 4.79 Å². The Morgan fingerprint density at radius 1 is 0.886 bits per heavy atom. The van der Waals surface area contributed by atoms with Crippen molar-refractivity contribution in [3.05, 3.63) is 141 Å². The van der Waals surface area contributed by atoms with Crippen molar-refractivity contribution in [3.8, 4) is 0 Å². The van der Waals surface area contributed by atoms with Gasteiger partial charge < -0.3 is 0 Å². The lowest BCUT2D eigenvalue weighted by Crippen LogP contribution is -2.18. The van der Waals surface area contributed by atoms with Crippen LogP contribution in [0.3, 0.4) is 0 Å². The molecule has 1 aliphatic heterocycles. The Hall–Kier alpha value is -3.76. The zero-order chi connectivity index (χ0) is 24.2. The molecule has 4 aromatic rings. The molecule has 172 valence electrons. The Morgan fingerprint density at radius 2 is 1.57 bits per heavy atom. The number of hydrogen-bond acceptors (Lipinski definition) is 3. The van der Waals surface area contributed by atoms with Crippen molar-refractivity contribution in [2.75, 3.05) is 5.01 Å². The van der Waals surface area contributed by atoms with E-state index in [1.807, 2.05) is 67.6 Å². The van der Waals surface area contributed by atoms with Crippen LogP contribution in [0.15, 0.2) is 119 Å². The molecule has 0 aliphatic carbocycles. The molecule has 0 radical (unpaired) electrons. The number of hydrazone groups is 1. The molecule has 35 heavy (non-hydrogen) atoms. The molecule has 4 heteroatoms. The summed E-state index contributed by atoms with van der Waals surface area (Å²) in [5, 5.41) is 7.13. The van der Waals surface area contributed by atoms with Crippen LogP contribution in [-0.2, 0) is 0 Å². The fourth-order valence-corrected chi connectivity index (χ4v) is 4.49. The number of hydrogen-bond donors (Lipinski definition) is 0. The van der Waals surface area contributed by atoms with Gasteiger partial charge in [-0.3, -0.25) is 9.80 Å². The summed E-state index contributed by atoms with van der Waals surface area (Å²) < 4.78 is 1.06. The highest BCUT2D eigenvalue weighted by Gasteiger charge is 2.29. The molecule has 0 spiro atoms. The lowest BCUT2D eigenvalue weighted by atomic mass is 9.98. The van der Waals surface area contributed by atoms with Crippen LogP contribution in [0, 0.1) is 6.92 Å². The van der Waals surface area contributed by atoms with Gasteiger partial charge >= 0.3 is 0 Å². The fraction of sp³-hybridized carbons (Fsp3) is 0.0968. The van der Waals surface area contributed by atoms with Crippen molar-refractivity contribution >= 4 is 39.2 Å². The van der Waals surface area contributed by atoms with Crippen molar-refractivity contribution in [2.24, 2.45) is 5.10 Å².